The Hall–Kier alpha value is -4.58. The second kappa shape index (κ2) is 14.5. The number of ether oxygens (including phenoxy) is 2. The maximum atomic E-state index is 13.1. The number of anilines is 1. The first kappa shape index (κ1) is 33.3. The minimum Gasteiger partial charge on any atom is -0.455 e. The molecular weight excluding hydrogens is 596 g/mol. The summed E-state index contributed by atoms with van der Waals surface area (Å²) >= 11 is 0. The average molecular weight is 637 g/mol. The zero-order valence-electron chi connectivity index (χ0n) is 26.0. The third kappa shape index (κ3) is 9.70. The van der Waals surface area contributed by atoms with E-state index in [1.807, 2.05) is 39.0 Å². The van der Waals surface area contributed by atoms with Gasteiger partial charge in [-0.1, -0.05) is 30.3 Å². The van der Waals surface area contributed by atoms with Crippen molar-refractivity contribution in [3.8, 4) is 11.5 Å². The van der Waals surface area contributed by atoms with E-state index < -0.39 is 21.5 Å². The van der Waals surface area contributed by atoms with Gasteiger partial charge in [0.25, 0.3) is 15.9 Å². The molecule has 2 N–H and O–H groups in total. The Morgan fingerprint density at radius 2 is 1.53 bits per heavy atom. The summed E-state index contributed by atoms with van der Waals surface area (Å²) in [6, 6.07) is 21.2. The lowest BCUT2D eigenvalue weighted by Crippen LogP contribution is -2.45. The molecule has 0 bridgehead atoms. The number of hydrogen-bond donors (Lipinski definition) is 2. The van der Waals surface area contributed by atoms with Gasteiger partial charge in [0.2, 0.25) is 5.91 Å². The Labute approximate surface area is 264 Å². The van der Waals surface area contributed by atoms with Crippen molar-refractivity contribution in [2.45, 2.75) is 44.1 Å². The van der Waals surface area contributed by atoms with Crippen LogP contribution in [-0.2, 0) is 19.6 Å². The van der Waals surface area contributed by atoms with E-state index in [0.29, 0.717) is 31.1 Å². The molecule has 0 unspecified atom stereocenters. The minimum atomic E-state index is -3.99. The number of rotatable bonds is 10. The Kier molecular flexibility index (Phi) is 10.7. The van der Waals surface area contributed by atoms with Crippen molar-refractivity contribution >= 4 is 33.6 Å². The molecule has 3 amide bonds. The summed E-state index contributed by atoms with van der Waals surface area (Å²) in [6.45, 7) is 6.90. The molecule has 0 radical (unpaired) electrons. The number of amides is 3. The van der Waals surface area contributed by atoms with Crippen LogP contribution in [0, 0.1) is 5.92 Å². The summed E-state index contributed by atoms with van der Waals surface area (Å²) in [4.78, 5) is 40.7. The van der Waals surface area contributed by atoms with Crippen molar-refractivity contribution in [1.29, 1.82) is 0 Å². The molecule has 1 saturated heterocycles. The van der Waals surface area contributed by atoms with Gasteiger partial charge < -0.3 is 24.6 Å². The largest absolute Gasteiger partial charge is 0.455 e. The quantitative estimate of drug-likeness (QED) is 0.316. The Morgan fingerprint density at radius 3 is 2.18 bits per heavy atom. The third-order valence-corrected chi connectivity index (χ3v) is 8.48. The van der Waals surface area contributed by atoms with E-state index in [0.717, 1.165) is 12.8 Å². The summed E-state index contributed by atoms with van der Waals surface area (Å²) in [5.41, 5.74) is -0.0409. The molecule has 11 nitrogen and oxygen atoms in total. The van der Waals surface area contributed by atoms with Gasteiger partial charge in [-0.2, -0.15) is 0 Å². The molecule has 1 aliphatic rings. The van der Waals surface area contributed by atoms with Crippen LogP contribution in [-0.4, -0.2) is 75.0 Å². The maximum Gasteiger partial charge on any atom is 0.410 e. The van der Waals surface area contributed by atoms with Gasteiger partial charge in [-0.05, 0) is 88.1 Å². The van der Waals surface area contributed by atoms with Gasteiger partial charge in [0.05, 0.1) is 17.1 Å². The molecular formula is C33H40N4O7S. The van der Waals surface area contributed by atoms with Crippen LogP contribution >= 0.6 is 0 Å². The van der Waals surface area contributed by atoms with Gasteiger partial charge in [-0.25, -0.2) is 13.2 Å². The van der Waals surface area contributed by atoms with Crippen molar-refractivity contribution in [1.82, 2.24) is 15.1 Å². The summed E-state index contributed by atoms with van der Waals surface area (Å²) in [6.07, 6.45) is 1.15. The predicted molar refractivity (Wildman–Crippen MR) is 171 cm³/mol. The van der Waals surface area contributed by atoms with Crippen molar-refractivity contribution in [2.75, 3.05) is 37.9 Å². The fourth-order valence-electron chi connectivity index (χ4n) is 4.70. The van der Waals surface area contributed by atoms with Crippen LogP contribution in [0.15, 0.2) is 83.8 Å². The molecule has 3 aromatic carbocycles. The second-order valence-electron chi connectivity index (χ2n) is 11.9. The molecule has 45 heavy (non-hydrogen) atoms. The molecule has 1 aliphatic heterocycles. The first-order chi connectivity index (χ1) is 21.3. The van der Waals surface area contributed by atoms with E-state index in [1.165, 1.54) is 36.2 Å². The molecule has 0 spiro atoms. The molecule has 0 saturated carbocycles. The first-order valence-electron chi connectivity index (χ1n) is 14.8. The summed E-state index contributed by atoms with van der Waals surface area (Å²) < 4.78 is 40.1. The summed E-state index contributed by atoms with van der Waals surface area (Å²) in [5.74, 6) is 0.388. The molecule has 0 aromatic heterocycles. The van der Waals surface area contributed by atoms with Gasteiger partial charge >= 0.3 is 6.09 Å². The van der Waals surface area contributed by atoms with Gasteiger partial charge in [0, 0.05) is 32.2 Å². The third-order valence-electron chi connectivity index (χ3n) is 7.10. The van der Waals surface area contributed by atoms with E-state index in [4.69, 9.17) is 9.47 Å². The number of hydrogen-bond acceptors (Lipinski definition) is 7. The number of carbonyl (C=O) groups is 3. The number of piperidine rings is 1. The number of nitrogens with zero attached hydrogens (tertiary/aromatic N) is 2. The maximum absolute atomic E-state index is 13.1. The van der Waals surface area contributed by atoms with E-state index in [2.05, 4.69) is 10.0 Å². The minimum absolute atomic E-state index is 0.0355. The molecule has 4 rings (SSSR count). The summed E-state index contributed by atoms with van der Waals surface area (Å²) in [5, 5.41) is 2.88. The lowest BCUT2D eigenvalue weighted by atomic mass is 9.97. The van der Waals surface area contributed by atoms with Crippen LogP contribution < -0.4 is 14.8 Å². The van der Waals surface area contributed by atoms with E-state index in [9.17, 15) is 22.8 Å². The highest BCUT2D eigenvalue weighted by Gasteiger charge is 2.27. The van der Waals surface area contributed by atoms with Crippen molar-refractivity contribution in [3.05, 3.63) is 84.4 Å². The Balaban J connectivity index is 1.26. The highest BCUT2D eigenvalue weighted by Crippen LogP contribution is 2.31. The van der Waals surface area contributed by atoms with Crippen LogP contribution in [0.25, 0.3) is 0 Å². The number of nitrogens with one attached hydrogen (secondary N) is 2. The number of benzene rings is 3. The SMILES string of the molecule is CN(CC(=O)NCC1CCN(C(=O)OC(C)(C)C)CC1)C(=O)c1ccc(S(=O)(=O)Nc2ccccc2Oc2ccccc2)cc1. The van der Waals surface area contributed by atoms with E-state index in [-0.39, 0.29) is 40.6 Å². The first-order valence-corrected chi connectivity index (χ1v) is 16.2. The second-order valence-corrected chi connectivity index (χ2v) is 13.6. The number of likely N-dealkylation sites (tertiary alicyclic amines) is 1. The predicted octanol–water partition coefficient (Wildman–Crippen LogP) is 5.12. The molecule has 12 heteroatoms. The highest BCUT2D eigenvalue weighted by molar-refractivity contribution is 7.92. The number of sulfonamides is 1. The molecule has 240 valence electrons. The topological polar surface area (TPSA) is 134 Å². The van der Waals surface area contributed by atoms with Crippen LogP contribution in [0.3, 0.4) is 0 Å². The van der Waals surface area contributed by atoms with Gasteiger partial charge in [-0.3, -0.25) is 14.3 Å². The standard InChI is InChI=1S/C33H40N4O7S/c1-33(2,3)44-32(40)37-20-18-24(19-21-37)22-34-30(38)23-36(4)31(39)25-14-16-27(17-15-25)45(41,42)35-28-12-8-9-13-29(28)43-26-10-6-5-7-11-26/h5-17,24,35H,18-23H2,1-4H3,(H,34,38). The monoisotopic (exact) mass is 636 g/mol. The van der Waals surface area contributed by atoms with E-state index in [1.54, 1.807) is 41.3 Å². The van der Waals surface area contributed by atoms with Crippen LogP contribution in [0.5, 0.6) is 11.5 Å². The Morgan fingerprint density at radius 1 is 0.911 bits per heavy atom. The molecule has 1 fully saturated rings. The molecule has 0 atom stereocenters. The summed E-state index contributed by atoms with van der Waals surface area (Å²) in [7, 11) is -2.48. The fraction of sp³-hybridized carbons (Fsp3) is 0.364. The van der Waals surface area contributed by atoms with Crippen LogP contribution in [0.2, 0.25) is 0 Å². The highest BCUT2D eigenvalue weighted by atomic mass is 32.2. The smallest absolute Gasteiger partial charge is 0.410 e. The van der Waals surface area contributed by atoms with Crippen LogP contribution in [0.1, 0.15) is 44.0 Å². The average Bonchev–Trinajstić information content (AvgIpc) is 3.00. The Bertz CT molecular complexity index is 1580. The van der Waals surface area contributed by atoms with E-state index >= 15 is 0 Å². The van der Waals surface area contributed by atoms with Crippen molar-refractivity contribution in [3.63, 3.8) is 0 Å². The fourth-order valence-corrected chi connectivity index (χ4v) is 5.77. The van der Waals surface area contributed by atoms with Crippen molar-refractivity contribution < 1.29 is 32.3 Å². The van der Waals surface area contributed by atoms with Crippen LogP contribution in [0.4, 0.5) is 10.5 Å². The number of carbonyl (C=O) groups excluding carboxylic acids is 3. The zero-order valence-corrected chi connectivity index (χ0v) is 26.8. The molecule has 0 aliphatic carbocycles. The zero-order chi connectivity index (χ0) is 32.6. The normalized spacial score (nSPS) is 13.9. The van der Waals surface area contributed by atoms with Crippen molar-refractivity contribution in [2.24, 2.45) is 5.92 Å². The van der Waals surface area contributed by atoms with Gasteiger partial charge in [0.15, 0.2) is 5.75 Å². The molecule has 1 heterocycles. The number of para-hydroxylation sites is 3. The van der Waals surface area contributed by atoms with Gasteiger partial charge in [-0.15, -0.1) is 0 Å². The number of likely N-dealkylation sites (N-methyl/N-ethyl adjacent to an activating group) is 1. The van der Waals surface area contributed by atoms with Gasteiger partial charge in [0.1, 0.15) is 11.4 Å². The molecule has 3 aromatic rings. The lowest BCUT2D eigenvalue weighted by molar-refractivity contribution is -0.121. The lowest BCUT2D eigenvalue weighted by Gasteiger charge is -2.33.